The van der Waals surface area contributed by atoms with E-state index in [0.717, 1.165) is 44.1 Å². The molecule has 4 rings (SSSR count). The summed E-state index contributed by atoms with van der Waals surface area (Å²) in [5, 5.41) is 0. The molecule has 4 atom stereocenters. The van der Waals surface area contributed by atoms with E-state index in [2.05, 4.69) is 45.0 Å². The van der Waals surface area contributed by atoms with Gasteiger partial charge >= 0.3 is 0 Å². The number of benzene rings is 1. The number of nitrogens with zero attached hydrogens (tertiary/aromatic N) is 2. The summed E-state index contributed by atoms with van der Waals surface area (Å²) in [5.74, 6) is 1.34. The Morgan fingerprint density at radius 3 is 2.24 bits per heavy atom. The van der Waals surface area contributed by atoms with Crippen molar-refractivity contribution in [2.24, 2.45) is 11.8 Å². The maximum atomic E-state index is 13.9. The van der Waals surface area contributed by atoms with Gasteiger partial charge in [0.1, 0.15) is 12.6 Å². The number of hydrogen-bond donors (Lipinski definition) is 0. The number of amides is 2. The highest BCUT2D eigenvalue weighted by Crippen LogP contribution is 2.39. The molecule has 4 unspecified atom stereocenters. The Hall–Kier alpha value is -1.84. The van der Waals surface area contributed by atoms with Gasteiger partial charge in [-0.1, -0.05) is 75.8 Å². The van der Waals surface area contributed by atoms with Crippen LogP contribution in [-0.2, 0) is 9.59 Å². The molecule has 0 aromatic heterocycles. The first kappa shape index (κ1) is 20.4. The van der Waals surface area contributed by atoms with Gasteiger partial charge in [-0.15, -0.1) is 0 Å². The molecule has 3 aliphatic rings. The Bertz CT molecular complexity index is 738. The molecule has 2 saturated carbocycles. The van der Waals surface area contributed by atoms with Gasteiger partial charge in [0.2, 0.25) is 5.91 Å². The summed E-state index contributed by atoms with van der Waals surface area (Å²) in [7, 11) is 0. The maximum Gasteiger partial charge on any atom is 0.250 e. The van der Waals surface area contributed by atoms with Crippen LogP contribution in [0.4, 0.5) is 0 Å². The predicted molar refractivity (Wildman–Crippen MR) is 115 cm³/mol. The van der Waals surface area contributed by atoms with Crippen molar-refractivity contribution in [1.82, 2.24) is 9.80 Å². The third-order valence-corrected chi connectivity index (χ3v) is 7.81. The second kappa shape index (κ2) is 8.49. The average Bonchev–Trinajstić information content (AvgIpc) is 2.73. The van der Waals surface area contributed by atoms with Crippen LogP contribution in [0.1, 0.15) is 82.4 Å². The molecular weight excluding hydrogens is 360 g/mol. The smallest absolute Gasteiger partial charge is 0.250 e. The van der Waals surface area contributed by atoms with Gasteiger partial charge < -0.3 is 9.80 Å². The molecule has 2 amide bonds. The van der Waals surface area contributed by atoms with E-state index in [9.17, 15) is 9.59 Å². The zero-order chi connectivity index (χ0) is 20.5. The highest BCUT2D eigenvalue weighted by Gasteiger charge is 2.47. The summed E-state index contributed by atoms with van der Waals surface area (Å²) >= 11 is 0. The fraction of sp³-hybridized carbons (Fsp3) is 0.680. The van der Waals surface area contributed by atoms with Crippen LogP contribution >= 0.6 is 0 Å². The predicted octanol–water partition coefficient (Wildman–Crippen LogP) is 4.86. The normalized spacial score (nSPS) is 32.0. The maximum absolute atomic E-state index is 13.9. The van der Waals surface area contributed by atoms with E-state index < -0.39 is 6.04 Å². The van der Waals surface area contributed by atoms with Crippen LogP contribution < -0.4 is 0 Å². The van der Waals surface area contributed by atoms with E-state index in [1.165, 1.54) is 18.4 Å². The van der Waals surface area contributed by atoms with Crippen LogP contribution in [0.25, 0.3) is 0 Å². The van der Waals surface area contributed by atoms with Crippen LogP contribution in [0.2, 0.25) is 0 Å². The summed E-state index contributed by atoms with van der Waals surface area (Å²) in [5.41, 5.74) is 2.15. The van der Waals surface area contributed by atoms with Crippen molar-refractivity contribution in [1.29, 1.82) is 0 Å². The van der Waals surface area contributed by atoms with Gasteiger partial charge in [0, 0.05) is 12.1 Å². The molecule has 0 N–H and O–H groups in total. The third-order valence-electron chi connectivity index (χ3n) is 7.81. The van der Waals surface area contributed by atoms with Crippen molar-refractivity contribution in [3.63, 3.8) is 0 Å². The summed E-state index contributed by atoms with van der Waals surface area (Å²) in [6, 6.07) is 8.18. The molecule has 1 heterocycles. The second-order valence-electron chi connectivity index (χ2n) is 9.71. The molecule has 0 spiro atoms. The lowest BCUT2D eigenvalue weighted by molar-refractivity contribution is -0.164. The molecule has 0 bridgehead atoms. The SMILES string of the molecule is Cc1ccc(C2C(=O)N(C3CCCC(C)C3C)CC(=O)N2C2CCCCC2)cc1. The Morgan fingerprint density at radius 1 is 0.862 bits per heavy atom. The monoisotopic (exact) mass is 396 g/mol. The number of aryl methyl sites for hydroxylation is 1. The van der Waals surface area contributed by atoms with Crippen LogP contribution in [0.5, 0.6) is 0 Å². The Kier molecular flexibility index (Phi) is 5.98. The topological polar surface area (TPSA) is 40.6 Å². The molecule has 4 heteroatoms. The van der Waals surface area contributed by atoms with E-state index in [-0.39, 0.29) is 30.4 Å². The van der Waals surface area contributed by atoms with Gasteiger partial charge in [-0.2, -0.15) is 0 Å². The van der Waals surface area contributed by atoms with Gasteiger partial charge in [0.25, 0.3) is 5.91 Å². The first-order valence-corrected chi connectivity index (χ1v) is 11.7. The lowest BCUT2D eigenvalue weighted by Gasteiger charge is -2.50. The van der Waals surface area contributed by atoms with E-state index in [1.807, 2.05) is 9.80 Å². The Balaban J connectivity index is 1.68. The van der Waals surface area contributed by atoms with Crippen molar-refractivity contribution >= 4 is 11.8 Å². The standard InChI is InChI=1S/C25H36N2O2/c1-17-12-14-20(15-13-17)24-25(29)26(22-11-7-8-18(2)19(22)3)16-23(28)27(24)21-9-5-4-6-10-21/h12-15,18-19,21-22,24H,4-11,16H2,1-3H3. The number of carbonyl (C=O) groups is 2. The third kappa shape index (κ3) is 3.95. The van der Waals surface area contributed by atoms with E-state index in [1.54, 1.807) is 0 Å². The van der Waals surface area contributed by atoms with Crippen LogP contribution in [0.15, 0.2) is 24.3 Å². The first-order valence-electron chi connectivity index (χ1n) is 11.7. The number of hydrogen-bond acceptors (Lipinski definition) is 2. The van der Waals surface area contributed by atoms with E-state index >= 15 is 0 Å². The van der Waals surface area contributed by atoms with Crippen molar-refractivity contribution in [3.8, 4) is 0 Å². The van der Waals surface area contributed by atoms with Crippen molar-refractivity contribution in [2.75, 3.05) is 6.54 Å². The van der Waals surface area contributed by atoms with Crippen molar-refractivity contribution in [3.05, 3.63) is 35.4 Å². The minimum Gasteiger partial charge on any atom is -0.328 e. The van der Waals surface area contributed by atoms with Gasteiger partial charge in [0.15, 0.2) is 0 Å². The molecule has 2 aliphatic carbocycles. The average molecular weight is 397 g/mol. The molecule has 1 aromatic rings. The minimum absolute atomic E-state index is 0.143. The summed E-state index contributed by atoms with van der Waals surface area (Å²) in [6.07, 6.45) is 9.00. The van der Waals surface area contributed by atoms with E-state index in [0.29, 0.717) is 11.8 Å². The van der Waals surface area contributed by atoms with Gasteiger partial charge in [-0.25, -0.2) is 0 Å². The largest absolute Gasteiger partial charge is 0.328 e. The molecule has 3 fully saturated rings. The molecule has 1 aromatic carbocycles. The summed E-state index contributed by atoms with van der Waals surface area (Å²) < 4.78 is 0. The fourth-order valence-corrected chi connectivity index (χ4v) is 5.83. The first-order chi connectivity index (χ1) is 14.0. The lowest BCUT2D eigenvalue weighted by Crippen LogP contribution is -2.62. The van der Waals surface area contributed by atoms with Gasteiger partial charge in [-0.3, -0.25) is 9.59 Å². The van der Waals surface area contributed by atoms with Crippen LogP contribution in [0.3, 0.4) is 0 Å². The quantitative estimate of drug-likeness (QED) is 0.732. The summed E-state index contributed by atoms with van der Waals surface area (Å²) in [6.45, 7) is 6.88. The van der Waals surface area contributed by atoms with Crippen molar-refractivity contribution in [2.45, 2.75) is 90.3 Å². The highest BCUT2D eigenvalue weighted by molar-refractivity contribution is 5.96. The Morgan fingerprint density at radius 2 is 1.55 bits per heavy atom. The highest BCUT2D eigenvalue weighted by atomic mass is 16.2. The fourth-order valence-electron chi connectivity index (χ4n) is 5.83. The Labute approximate surface area is 175 Å². The second-order valence-corrected chi connectivity index (χ2v) is 9.71. The molecule has 4 nitrogen and oxygen atoms in total. The molecule has 1 aliphatic heterocycles. The molecular formula is C25H36N2O2. The molecule has 29 heavy (non-hydrogen) atoms. The minimum atomic E-state index is -0.454. The van der Waals surface area contributed by atoms with Crippen molar-refractivity contribution < 1.29 is 9.59 Å². The van der Waals surface area contributed by atoms with Gasteiger partial charge in [0.05, 0.1) is 0 Å². The number of carbonyl (C=O) groups excluding carboxylic acids is 2. The van der Waals surface area contributed by atoms with Crippen LogP contribution in [0, 0.1) is 18.8 Å². The zero-order valence-corrected chi connectivity index (χ0v) is 18.3. The molecule has 0 radical (unpaired) electrons. The number of piperazine rings is 1. The zero-order valence-electron chi connectivity index (χ0n) is 18.3. The number of rotatable bonds is 3. The van der Waals surface area contributed by atoms with Crippen LogP contribution in [-0.4, -0.2) is 40.2 Å². The lowest BCUT2D eigenvalue weighted by atomic mass is 9.76. The summed E-state index contributed by atoms with van der Waals surface area (Å²) in [4.78, 5) is 31.3. The van der Waals surface area contributed by atoms with E-state index in [4.69, 9.17) is 0 Å². The van der Waals surface area contributed by atoms with Gasteiger partial charge in [-0.05, 0) is 43.6 Å². The molecule has 158 valence electrons. The molecule has 1 saturated heterocycles.